The fourth-order valence-electron chi connectivity index (χ4n) is 4.54. The number of fused-ring (bicyclic) bond motifs is 3. The van der Waals surface area contributed by atoms with E-state index in [1.54, 1.807) is 7.11 Å². The molecule has 5 rings (SSSR count). The third-order valence-corrected chi connectivity index (χ3v) is 6.10. The van der Waals surface area contributed by atoms with Crippen LogP contribution in [-0.2, 0) is 22.4 Å². The van der Waals surface area contributed by atoms with Gasteiger partial charge in [-0.3, -0.25) is 4.79 Å². The molecule has 1 aliphatic heterocycles. The average Bonchev–Trinajstić information content (AvgIpc) is 3.15. The number of hydrogen-bond donors (Lipinski definition) is 1. The summed E-state index contributed by atoms with van der Waals surface area (Å²) in [5, 5.41) is 3.18. The maximum absolute atomic E-state index is 13.4. The van der Waals surface area contributed by atoms with E-state index < -0.39 is 11.5 Å². The van der Waals surface area contributed by atoms with Crippen LogP contribution >= 0.6 is 0 Å². The Morgan fingerprint density at radius 2 is 1.45 bits per heavy atom. The fourth-order valence-corrected chi connectivity index (χ4v) is 4.54. The SMILES string of the molecule is COC1(CNC(=O)C2c3ccccc3Oc3ccccc32)Cc2ccccc2C1. The number of benzene rings is 3. The van der Waals surface area contributed by atoms with E-state index in [1.807, 2.05) is 48.5 Å². The van der Waals surface area contributed by atoms with Gasteiger partial charge in [0.1, 0.15) is 11.5 Å². The molecule has 1 amide bonds. The second-order valence-electron chi connectivity index (χ2n) is 7.84. The van der Waals surface area contributed by atoms with Crippen LogP contribution in [0.25, 0.3) is 0 Å². The third-order valence-electron chi connectivity index (χ3n) is 6.10. The van der Waals surface area contributed by atoms with E-state index in [-0.39, 0.29) is 5.91 Å². The summed E-state index contributed by atoms with van der Waals surface area (Å²) in [6, 6.07) is 23.9. The highest BCUT2D eigenvalue weighted by Gasteiger charge is 2.39. The Morgan fingerprint density at radius 1 is 0.931 bits per heavy atom. The first-order chi connectivity index (χ1) is 14.2. The number of hydrogen-bond acceptors (Lipinski definition) is 3. The molecular weight excluding hydrogens is 362 g/mol. The summed E-state index contributed by atoms with van der Waals surface area (Å²) < 4.78 is 11.9. The molecule has 0 radical (unpaired) electrons. The smallest absolute Gasteiger partial charge is 0.232 e. The molecule has 0 aromatic heterocycles. The lowest BCUT2D eigenvalue weighted by Gasteiger charge is -2.31. The molecule has 3 aromatic rings. The molecule has 3 aromatic carbocycles. The minimum absolute atomic E-state index is 0.0272. The quantitative estimate of drug-likeness (QED) is 0.731. The van der Waals surface area contributed by atoms with E-state index in [1.165, 1.54) is 11.1 Å². The summed E-state index contributed by atoms with van der Waals surface area (Å²) in [6.07, 6.45) is 1.61. The standard InChI is InChI=1S/C25H23NO3/c1-28-25(14-17-8-2-3-9-18(17)15-25)16-26-24(27)23-19-10-4-6-12-21(19)29-22-13-7-5-11-20(22)23/h2-13,23H,14-16H2,1H3,(H,26,27). The number of nitrogens with one attached hydrogen (secondary N) is 1. The highest BCUT2D eigenvalue weighted by atomic mass is 16.5. The number of carbonyl (C=O) groups is 1. The lowest BCUT2D eigenvalue weighted by Crippen LogP contribution is -2.46. The minimum atomic E-state index is -0.399. The van der Waals surface area contributed by atoms with Gasteiger partial charge in [-0.05, 0) is 23.3 Å². The summed E-state index contributed by atoms with van der Waals surface area (Å²) in [4.78, 5) is 13.4. The van der Waals surface area contributed by atoms with E-state index in [2.05, 4.69) is 29.6 Å². The number of amides is 1. The normalized spacial score (nSPS) is 16.3. The Balaban J connectivity index is 1.41. The van der Waals surface area contributed by atoms with Crippen LogP contribution in [-0.4, -0.2) is 25.2 Å². The minimum Gasteiger partial charge on any atom is -0.457 e. The Bertz CT molecular complexity index is 1000. The summed E-state index contributed by atoms with van der Waals surface area (Å²) in [5.74, 6) is 1.05. The first-order valence-electron chi connectivity index (χ1n) is 9.94. The zero-order valence-electron chi connectivity index (χ0n) is 16.4. The third kappa shape index (κ3) is 3.10. The molecule has 146 valence electrons. The van der Waals surface area contributed by atoms with Crippen molar-refractivity contribution in [2.24, 2.45) is 0 Å². The van der Waals surface area contributed by atoms with Gasteiger partial charge >= 0.3 is 0 Å². The van der Waals surface area contributed by atoms with Crippen molar-refractivity contribution in [2.75, 3.05) is 13.7 Å². The molecule has 1 heterocycles. The van der Waals surface area contributed by atoms with Crippen LogP contribution in [0.1, 0.15) is 28.2 Å². The molecule has 0 saturated heterocycles. The van der Waals surface area contributed by atoms with E-state index in [0.29, 0.717) is 6.54 Å². The van der Waals surface area contributed by atoms with Gasteiger partial charge in [0, 0.05) is 37.6 Å². The van der Waals surface area contributed by atoms with Crippen molar-refractivity contribution in [2.45, 2.75) is 24.4 Å². The zero-order chi connectivity index (χ0) is 19.8. The van der Waals surface area contributed by atoms with Gasteiger partial charge in [0.05, 0.1) is 11.5 Å². The lowest BCUT2D eigenvalue weighted by molar-refractivity contribution is -0.123. The predicted molar refractivity (Wildman–Crippen MR) is 111 cm³/mol. The van der Waals surface area contributed by atoms with Gasteiger partial charge in [0.15, 0.2) is 0 Å². The Labute approximate surface area is 170 Å². The molecule has 2 aliphatic rings. The van der Waals surface area contributed by atoms with Crippen LogP contribution in [0.3, 0.4) is 0 Å². The second kappa shape index (κ2) is 7.05. The molecule has 4 heteroatoms. The van der Waals surface area contributed by atoms with Crippen molar-refractivity contribution in [3.05, 3.63) is 95.1 Å². The molecular formula is C25H23NO3. The van der Waals surface area contributed by atoms with E-state index >= 15 is 0 Å². The lowest BCUT2D eigenvalue weighted by atomic mass is 9.87. The Kier molecular flexibility index (Phi) is 4.36. The van der Waals surface area contributed by atoms with Crippen molar-refractivity contribution in [1.29, 1.82) is 0 Å². The van der Waals surface area contributed by atoms with Crippen LogP contribution in [0.5, 0.6) is 11.5 Å². The number of rotatable bonds is 4. The summed E-state index contributed by atoms with van der Waals surface area (Å²) in [6.45, 7) is 0.471. The number of para-hydroxylation sites is 2. The largest absolute Gasteiger partial charge is 0.457 e. The molecule has 29 heavy (non-hydrogen) atoms. The number of carbonyl (C=O) groups excluding carboxylic acids is 1. The molecule has 4 nitrogen and oxygen atoms in total. The van der Waals surface area contributed by atoms with Gasteiger partial charge in [-0.15, -0.1) is 0 Å². The summed E-state index contributed by atoms with van der Waals surface area (Å²) in [5.41, 5.74) is 3.98. The topological polar surface area (TPSA) is 47.6 Å². The maximum Gasteiger partial charge on any atom is 0.232 e. The number of ether oxygens (including phenoxy) is 2. The molecule has 0 unspecified atom stereocenters. The average molecular weight is 385 g/mol. The van der Waals surface area contributed by atoms with Gasteiger partial charge in [0.25, 0.3) is 0 Å². The highest BCUT2D eigenvalue weighted by molar-refractivity contribution is 5.89. The molecule has 1 aliphatic carbocycles. The van der Waals surface area contributed by atoms with Gasteiger partial charge in [-0.1, -0.05) is 60.7 Å². The van der Waals surface area contributed by atoms with Crippen molar-refractivity contribution < 1.29 is 14.3 Å². The predicted octanol–water partition coefficient (Wildman–Crippen LogP) is 4.22. The van der Waals surface area contributed by atoms with Gasteiger partial charge in [-0.2, -0.15) is 0 Å². The highest BCUT2D eigenvalue weighted by Crippen LogP contribution is 2.44. The van der Waals surface area contributed by atoms with Crippen molar-refractivity contribution >= 4 is 5.91 Å². The first-order valence-corrected chi connectivity index (χ1v) is 9.94. The van der Waals surface area contributed by atoms with E-state index in [9.17, 15) is 4.79 Å². The first kappa shape index (κ1) is 18.0. The summed E-state index contributed by atoms with van der Waals surface area (Å²) >= 11 is 0. The second-order valence-corrected chi connectivity index (χ2v) is 7.84. The van der Waals surface area contributed by atoms with Crippen LogP contribution in [0.4, 0.5) is 0 Å². The van der Waals surface area contributed by atoms with E-state index in [0.717, 1.165) is 35.5 Å². The van der Waals surface area contributed by atoms with Gasteiger partial charge in [0.2, 0.25) is 5.91 Å². The van der Waals surface area contributed by atoms with E-state index in [4.69, 9.17) is 9.47 Å². The number of methoxy groups -OCH3 is 1. The van der Waals surface area contributed by atoms with Crippen molar-refractivity contribution in [3.63, 3.8) is 0 Å². The maximum atomic E-state index is 13.4. The van der Waals surface area contributed by atoms with Crippen LogP contribution in [0.2, 0.25) is 0 Å². The summed E-state index contributed by atoms with van der Waals surface area (Å²) in [7, 11) is 1.73. The Hall–Kier alpha value is -3.11. The molecule has 1 N–H and O–H groups in total. The molecule has 0 saturated carbocycles. The fraction of sp³-hybridized carbons (Fsp3) is 0.240. The van der Waals surface area contributed by atoms with Gasteiger partial charge in [-0.25, -0.2) is 0 Å². The van der Waals surface area contributed by atoms with Crippen molar-refractivity contribution in [1.82, 2.24) is 5.32 Å². The van der Waals surface area contributed by atoms with Crippen molar-refractivity contribution in [3.8, 4) is 11.5 Å². The molecule has 0 atom stereocenters. The molecule has 0 fully saturated rings. The Morgan fingerprint density at radius 3 is 2.00 bits per heavy atom. The van der Waals surface area contributed by atoms with Crippen LogP contribution in [0.15, 0.2) is 72.8 Å². The zero-order valence-corrected chi connectivity index (χ0v) is 16.4. The molecule has 0 spiro atoms. The molecule has 0 bridgehead atoms. The van der Waals surface area contributed by atoms with Gasteiger partial charge < -0.3 is 14.8 Å². The monoisotopic (exact) mass is 385 g/mol. The van der Waals surface area contributed by atoms with Crippen LogP contribution < -0.4 is 10.1 Å². The van der Waals surface area contributed by atoms with Crippen LogP contribution in [0, 0.1) is 0 Å².